The first-order valence-corrected chi connectivity index (χ1v) is 12.9. The first-order chi connectivity index (χ1) is 15.8. The van der Waals surface area contributed by atoms with Gasteiger partial charge in [0.15, 0.2) is 0 Å². The van der Waals surface area contributed by atoms with Crippen LogP contribution in [-0.4, -0.2) is 32.9 Å². The Labute approximate surface area is 192 Å². The van der Waals surface area contributed by atoms with E-state index in [0.29, 0.717) is 28.8 Å². The molecule has 0 bridgehead atoms. The topological polar surface area (TPSA) is 101 Å². The lowest BCUT2D eigenvalue weighted by atomic mass is 10.0. The van der Waals surface area contributed by atoms with Gasteiger partial charge in [0.1, 0.15) is 17.3 Å². The largest absolute Gasteiger partial charge is 0.437 e. The molecule has 2 heterocycles. The molecule has 0 atom stereocenters. The SMILES string of the molecule is CCCCCNS(=O)(=O)Cc1nc2oc(-c3ccc(F)cc3)c(C(=O)NC)c2cc1C1CC1. The minimum atomic E-state index is -3.57. The summed E-state index contributed by atoms with van der Waals surface area (Å²) in [6, 6.07) is 7.49. The molecule has 176 valence electrons. The first-order valence-electron chi connectivity index (χ1n) is 11.2. The van der Waals surface area contributed by atoms with E-state index in [2.05, 4.69) is 21.9 Å². The first kappa shape index (κ1) is 23.4. The zero-order valence-electron chi connectivity index (χ0n) is 18.8. The number of furan rings is 1. The van der Waals surface area contributed by atoms with E-state index in [9.17, 15) is 17.6 Å². The van der Waals surface area contributed by atoms with Crippen molar-refractivity contribution in [2.75, 3.05) is 13.6 Å². The van der Waals surface area contributed by atoms with Gasteiger partial charge in [0.25, 0.3) is 5.91 Å². The highest BCUT2D eigenvalue weighted by Crippen LogP contribution is 2.44. The van der Waals surface area contributed by atoms with E-state index in [1.165, 1.54) is 31.3 Å². The van der Waals surface area contributed by atoms with E-state index in [1.54, 1.807) is 0 Å². The number of benzene rings is 1. The van der Waals surface area contributed by atoms with Crippen molar-refractivity contribution in [1.29, 1.82) is 0 Å². The average molecular weight is 474 g/mol. The van der Waals surface area contributed by atoms with Gasteiger partial charge >= 0.3 is 0 Å². The summed E-state index contributed by atoms with van der Waals surface area (Å²) in [4.78, 5) is 17.3. The van der Waals surface area contributed by atoms with Gasteiger partial charge in [-0.3, -0.25) is 4.79 Å². The molecule has 1 aromatic carbocycles. The molecule has 1 aliphatic carbocycles. The third kappa shape index (κ3) is 5.25. The van der Waals surface area contributed by atoms with E-state index in [4.69, 9.17) is 4.42 Å². The van der Waals surface area contributed by atoms with Crippen molar-refractivity contribution >= 4 is 27.0 Å². The summed E-state index contributed by atoms with van der Waals surface area (Å²) in [6.45, 7) is 2.46. The van der Waals surface area contributed by atoms with Crippen LogP contribution in [0.2, 0.25) is 0 Å². The van der Waals surface area contributed by atoms with Gasteiger partial charge in [-0.2, -0.15) is 0 Å². The van der Waals surface area contributed by atoms with E-state index in [-0.39, 0.29) is 29.1 Å². The molecule has 1 amide bonds. The predicted molar refractivity (Wildman–Crippen MR) is 125 cm³/mol. The average Bonchev–Trinajstić information content (AvgIpc) is 3.56. The number of nitrogens with one attached hydrogen (secondary N) is 2. The Morgan fingerprint density at radius 2 is 1.94 bits per heavy atom. The standard InChI is InChI=1S/C24H28FN3O4S/c1-3-4-5-12-27-33(30,31)14-20-18(15-6-7-15)13-19-21(23(29)26-2)22(32-24(19)28-20)16-8-10-17(25)11-9-16/h8-11,13,15,27H,3-7,12,14H2,1-2H3,(H,26,29). The van der Waals surface area contributed by atoms with Gasteiger partial charge < -0.3 is 9.73 Å². The second-order valence-electron chi connectivity index (χ2n) is 8.40. The van der Waals surface area contributed by atoms with Gasteiger partial charge in [0, 0.05) is 19.2 Å². The van der Waals surface area contributed by atoms with Gasteiger partial charge in [-0.1, -0.05) is 19.8 Å². The Balaban J connectivity index is 1.77. The fourth-order valence-corrected chi connectivity index (χ4v) is 5.08. The Morgan fingerprint density at radius 1 is 1.21 bits per heavy atom. The van der Waals surface area contributed by atoms with Crippen LogP contribution in [0.3, 0.4) is 0 Å². The Hall–Kier alpha value is -2.78. The van der Waals surface area contributed by atoms with Crippen molar-refractivity contribution < 1.29 is 22.0 Å². The number of rotatable bonds is 10. The minimum absolute atomic E-state index is 0.188. The van der Waals surface area contributed by atoms with Gasteiger partial charge in [0.2, 0.25) is 15.7 Å². The number of pyridine rings is 1. The molecule has 0 radical (unpaired) electrons. The zero-order valence-corrected chi connectivity index (χ0v) is 19.6. The highest BCUT2D eigenvalue weighted by molar-refractivity contribution is 7.88. The van der Waals surface area contributed by atoms with E-state index < -0.39 is 15.8 Å². The molecule has 2 aromatic heterocycles. The van der Waals surface area contributed by atoms with Crippen LogP contribution < -0.4 is 10.0 Å². The second-order valence-corrected chi connectivity index (χ2v) is 10.2. The van der Waals surface area contributed by atoms with Crippen LogP contribution in [0, 0.1) is 5.82 Å². The molecule has 0 spiro atoms. The van der Waals surface area contributed by atoms with E-state index >= 15 is 0 Å². The fourth-order valence-electron chi connectivity index (χ4n) is 3.93. The molecule has 0 saturated heterocycles. The van der Waals surface area contributed by atoms with Gasteiger partial charge in [0.05, 0.1) is 16.6 Å². The number of aromatic nitrogens is 1. The lowest BCUT2D eigenvalue weighted by molar-refractivity contribution is 0.0964. The Kier molecular flexibility index (Phi) is 6.81. The van der Waals surface area contributed by atoms with Crippen LogP contribution in [0.15, 0.2) is 34.7 Å². The number of amides is 1. The quantitative estimate of drug-likeness (QED) is 0.423. The maximum Gasteiger partial charge on any atom is 0.255 e. The molecular formula is C24H28FN3O4S. The minimum Gasteiger partial charge on any atom is -0.437 e. The summed E-state index contributed by atoms with van der Waals surface area (Å²) in [7, 11) is -2.04. The smallest absolute Gasteiger partial charge is 0.255 e. The molecule has 33 heavy (non-hydrogen) atoms. The summed E-state index contributed by atoms with van der Waals surface area (Å²) in [5, 5.41) is 3.15. The summed E-state index contributed by atoms with van der Waals surface area (Å²) < 4.78 is 47.4. The van der Waals surface area contributed by atoms with Gasteiger partial charge in [-0.25, -0.2) is 22.5 Å². The summed E-state index contributed by atoms with van der Waals surface area (Å²) >= 11 is 0. The number of halogens is 1. The van der Waals surface area contributed by atoms with Crippen LogP contribution in [-0.2, 0) is 15.8 Å². The monoisotopic (exact) mass is 473 g/mol. The zero-order chi connectivity index (χ0) is 23.6. The highest BCUT2D eigenvalue weighted by atomic mass is 32.2. The Morgan fingerprint density at radius 3 is 2.58 bits per heavy atom. The molecule has 3 aromatic rings. The molecule has 9 heteroatoms. The van der Waals surface area contributed by atoms with Gasteiger partial charge in [-0.15, -0.1) is 0 Å². The summed E-state index contributed by atoms with van der Waals surface area (Å²) in [5.41, 5.74) is 2.30. The number of carbonyl (C=O) groups excluding carboxylic acids is 1. The number of fused-ring (bicyclic) bond motifs is 1. The third-order valence-electron chi connectivity index (χ3n) is 5.80. The van der Waals surface area contributed by atoms with Crippen molar-refractivity contribution in [2.24, 2.45) is 0 Å². The number of sulfonamides is 1. The summed E-state index contributed by atoms with van der Waals surface area (Å²) in [6.07, 6.45) is 4.64. The highest BCUT2D eigenvalue weighted by Gasteiger charge is 2.31. The molecule has 0 unspecified atom stereocenters. The van der Waals surface area contributed by atoms with E-state index in [0.717, 1.165) is 37.7 Å². The van der Waals surface area contributed by atoms with Crippen LogP contribution >= 0.6 is 0 Å². The molecule has 0 aliphatic heterocycles. The molecular weight excluding hydrogens is 445 g/mol. The van der Waals surface area contributed by atoms with Crippen molar-refractivity contribution in [2.45, 2.75) is 50.7 Å². The van der Waals surface area contributed by atoms with Crippen molar-refractivity contribution in [1.82, 2.24) is 15.0 Å². The summed E-state index contributed by atoms with van der Waals surface area (Å²) in [5.74, 6) is -0.507. The number of unbranched alkanes of at least 4 members (excludes halogenated alkanes) is 2. The molecule has 1 aliphatic rings. The lowest BCUT2D eigenvalue weighted by Crippen LogP contribution is -2.27. The number of hydrogen-bond donors (Lipinski definition) is 2. The molecule has 7 nitrogen and oxygen atoms in total. The van der Waals surface area contributed by atoms with Gasteiger partial charge in [-0.05, 0) is 61.1 Å². The number of nitrogens with zero attached hydrogens (tertiary/aromatic N) is 1. The second kappa shape index (κ2) is 9.61. The van der Waals surface area contributed by atoms with Crippen molar-refractivity contribution in [3.8, 4) is 11.3 Å². The maximum absolute atomic E-state index is 13.4. The third-order valence-corrected chi connectivity index (χ3v) is 7.10. The lowest BCUT2D eigenvalue weighted by Gasteiger charge is -2.10. The number of carbonyl (C=O) groups is 1. The fraction of sp³-hybridized carbons (Fsp3) is 0.417. The molecule has 2 N–H and O–H groups in total. The van der Waals surface area contributed by atoms with Crippen LogP contribution in [0.25, 0.3) is 22.4 Å². The Bertz CT molecular complexity index is 1270. The molecule has 1 saturated carbocycles. The molecule has 4 rings (SSSR count). The van der Waals surface area contributed by atoms with Crippen molar-refractivity contribution in [3.05, 3.63) is 53.0 Å². The van der Waals surface area contributed by atoms with Crippen LogP contribution in [0.4, 0.5) is 4.39 Å². The number of hydrogen-bond acceptors (Lipinski definition) is 5. The predicted octanol–water partition coefficient (Wildman–Crippen LogP) is 4.48. The van der Waals surface area contributed by atoms with Crippen LogP contribution in [0.1, 0.15) is 66.6 Å². The molecule has 1 fully saturated rings. The van der Waals surface area contributed by atoms with Crippen LogP contribution in [0.5, 0.6) is 0 Å². The normalized spacial score (nSPS) is 14.0. The maximum atomic E-state index is 13.4. The van der Waals surface area contributed by atoms with E-state index in [1.807, 2.05) is 6.07 Å². The van der Waals surface area contributed by atoms with Crippen molar-refractivity contribution in [3.63, 3.8) is 0 Å².